The van der Waals surface area contributed by atoms with Crippen molar-refractivity contribution in [2.45, 2.75) is 20.4 Å². The van der Waals surface area contributed by atoms with Crippen LogP contribution in [0.1, 0.15) is 12.5 Å². The largest absolute Gasteiger partial charge is 0.320 e. The molecule has 0 atom stereocenters. The Morgan fingerprint density at radius 1 is 1.25 bits per heavy atom. The van der Waals surface area contributed by atoms with Gasteiger partial charge in [0.05, 0.1) is 0 Å². The highest BCUT2D eigenvalue weighted by atomic mass is 35.5. The Balaban J connectivity index is 2.57. The first-order valence-electron chi connectivity index (χ1n) is 6.13. The molecule has 0 saturated carbocycles. The van der Waals surface area contributed by atoms with Crippen LogP contribution in [0.2, 0.25) is 5.02 Å². The highest BCUT2D eigenvalue weighted by Gasteiger charge is 2.07. The van der Waals surface area contributed by atoms with Crippen LogP contribution >= 0.6 is 11.6 Å². The molecule has 0 aliphatic heterocycles. The average molecular weight is 291 g/mol. The summed E-state index contributed by atoms with van der Waals surface area (Å²) >= 11 is 5.96. The van der Waals surface area contributed by atoms with Crippen molar-refractivity contribution >= 4 is 11.6 Å². The lowest BCUT2D eigenvalue weighted by molar-refractivity contribution is 0.710. The van der Waals surface area contributed by atoms with E-state index in [2.05, 4.69) is 6.58 Å². The molecule has 5 heteroatoms. The van der Waals surface area contributed by atoms with Gasteiger partial charge in [-0.2, -0.15) is 0 Å². The van der Waals surface area contributed by atoms with Gasteiger partial charge in [-0.3, -0.25) is 14.2 Å². The zero-order valence-corrected chi connectivity index (χ0v) is 12.1. The third-order valence-corrected chi connectivity index (χ3v) is 3.34. The van der Waals surface area contributed by atoms with E-state index in [1.165, 1.54) is 9.13 Å². The van der Waals surface area contributed by atoms with Crippen LogP contribution < -0.4 is 11.1 Å². The number of hydrogen-bond acceptors (Lipinski definition) is 2. The fourth-order valence-electron chi connectivity index (χ4n) is 1.91. The van der Waals surface area contributed by atoms with E-state index in [0.717, 1.165) is 11.1 Å². The van der Waals surface area contributed by atoms with Gasteiger partial charge in [0.25, 0.3) is 0 Å². The van der Waals surface area contributed by atoms with Crippen molar-refractivity contribution in [3.05, 3.63) is 74.0 Å². The van der Waals surface area contributed by atoms with Crippen LogP contribution in [-0.4, -0.2) is 9.13 Å². The summed E-state index contributed by atoms with van der Waals surface area (Å²) in [5.74, 6) is 0. The molecule has 0 spiro atoms. The Bertz CT molecular complexity index is 787. The molecular formula is C15H15ClN2O2. The Kier molecular flexibility index (Phi) is 3.95. The average Bonchev–Trinajstić information content (AvgIpc) is 2.38. The Hall–Kier alpha value is -2.07. The van der Waals surface area contributed by atoms with Gasteiger partial charge in [-0.1, -0.05) is 23.8 Å². The van der Waals surface area contributed by atoms with Crippen molar-refractivity contribution in [1.29, 1.82) is 0 Å². The van der Waals surface area contributed by atoms with Gasteiger partial charge in [0.2, 0.25) is 0 Å². The molecule has 0 aliphatic rings. The number of nitrogens with zero attached hydrogens (tertiary/aromatic N) is 2. The molecule has 104 valence electrons. The van der Waals surface area contributed by atoms with Gasteiger partial charge in [0.15, 0.2) is 0 Å². The molecule has 2 rings (SSSR count). The van der Waals surface area contributed by atoms with Gasteiger partial charge in [0, 0.05) is 29.6 Å². The van der Waals surface area contributed by atoms with Gasteiger partial charge >= 0.3 is 11.1 Å². The van der Waals surface area contributed by atoms with Crippen molar-refractivity contribution in [1.82, 2.24) is 9.13 Å². The normalized spacial score (nSPS) is 10.6. The maximum Gasteiger partial charge on any atom is 0.320 e. The van der Waals surface area contributed by atoms with Crippen molar-refractivity contribution < 1.29 is 0 Å². The van der Waals surface area contributed by atoms with E-state index in [9.17, 15) is 9.59 Å². The number of benzene rings is 1. The van der Waals surface area contributed by atoms with Crippen LogP contribution in [0.4, 0.5) is 0 Å². The molecule has 1 heterocycles. The first kappa shape index (κ1) is 14.3. The SMILES string of the molecule is C=C(C)Cn1ccn(-c2ccc(Cl)c(C)c2)c(=O)c1=O. The van der Waals surface area contributed by atoms with Gasteiger partial charge < -0.3 is 4.57 Å². The Morgan fingerprint density at radius 2 is 1.95 bits per heavy atom. The summed E-state index contributed by atoms with van der Waals surface area (Å²) < 4.78 is 2.67. The van der Waals surface area contributed by atoms with Gasteiger partial charge in [-0.25, -0.2) is 0 Å². The monoisotopic (exact) mass is 290 g/mol. The van der Waals surface area contributed by atoms with E-state index in [0.29, 0.717) is 17.3 Å². The van der Waals surface area contributed by atoms with E-state index in [-0.39, 0.29) is 0 Å². The van der Waals surface area contributed by atoms with Crippen molar-refractivity contribution in [2.24, 2.45) is 0 Å². The number of aromatic nitrogens is 2. The van der Waals surface area contributed by atoms with E-state index in [4.69, 9.17) is 11.6 Å². The predicted octanol–water partition coefficient (Wildman–Crippen LogP) is 2.54. The van der Waals surface area contributed by atoms with Crippen LogP contribution in [0.5, 0.6) is 0 Å². The number of allylic oxidation sites excluding steroid dienone is 1. The summed E-state index contributed by atoms with van der Waals surface area (Å²) in [4.78, 5) is 24.1. The molecule has 0 saturated heterocycles. The standard InChI is InChI=1S/C15H15ClN2O2/c1-10(2)9-17-6-7-18(15(20)14(17)19)12-4-5-13(16)11(3)8-12/h4-8H,1,9H2,2-3H3. The minimum Gasteiger partial charge on any atom is -0.305 e. The maximum absolute atomic E-state index is 12.1. The summed E-state index contributed by atoms with van der Waals surface area (Å²) in [5.41, 5.74) is 1.13. The third kappa shape index (κ3) is 2.75. The molecule has 4 nitrogen and oxygen atoms in total. The minimum atomic E-state index is -0.588. The topological polar surface area (TPSA) is 44.0 Å². The van der Waals surface area contributed by atoms with Crippen molar-refractivity contribution in [2.75, 3.05) is 0 Å². The molecule has 0 bridgehead atoms. The molecule has 0 radical (unpaired) electrons. The fraction of sp³-hybridized carbons (Fsp3) is 0.200. The number of hydrogen-bond donors (Lipinski definition) is 0. The van der Waals surface area contributed by atoms with E-state index >= 15 is 0 Å². The second kappa shape index (κ2) is 5.51. The van der Waals surface area contributed by atoms with E-state index in [1.807, 2.05) is 6.92 Å². The van der Waals surface area contributed by atoms with E-state index in [1.54, 1.807) is 37.5 Å². The molecule has 20 heavy (non-hydrogen) atoms. The maximum atomic E-state index is 12.1. The zero-order valence-electron chi connectivity index (χ0n) is 11.4. The fourth-order valence-corrected chi connectivity index (χ4v) is 2.02. The molecule has 1 aromatic heterocycles. The number of aryl methyl sites for hydroxylation is 1. The van der Waals surface area contributed by atoms with Gasteiger partial charge in [-0.05, 0) is 37.6 Å². The first-order valence-corrected chi connectivity index (χ1v) is 6.51. The lowest BCUT2D eigenvalue weighted by Crippen LogP contribution is -2.40. The molecular weight excluding hydrogens is 276 g/mol. The summed E-state index contributed by atoms with van der Waals surface area (Å²) in [7, 11) is 0. The lowest BCUT2D eigenvalue weighted by Gasteiger charge is -2.10. The van der Waals surface area contributed by atoms with Crippen molar-refractivity contribution in [3.63, 3.8) is 0 Å². The summed E-state index contributed by atoms with van der Waals surface area (Å²) in [5, 5.41) is 0.623. The Morgan fingerprint density at radius 3 is 2.55 bits per heavy atom. The number of rotatable bonds is 3. The molecule has 0 fully saturated rings. The van der Waals surface area contributed by atoms with Gasteiger partial charge in [-0.15, -0.1) is 0 Å². The van der Waals surface area contributed by atoms with Crippen LogP contribution in [0.25, 0.3) is 5.69 Å². The molecule has 0 amide bonds. The molecule has 0 aliphatic carbocycles. The second-order valence-corrected chi connectivity index (χ2v) is 5.20. The smallest absolute Gasteiger partial charge is 0.305 e. The van der Waals surface area contributed by atoms with E-state index < -0.39 is 11.1 Å². The minimum absolute atomic E-state index is 0.342. The van der Waals surface area contributed by atoms with Crippen LogP contribution in [-0.2, 0) is 6.54 Å². The quantitative estimate of drug-likeness (QED) is 0.644. The van der Waals surface area contributed by atoms with Crippen molar-refractivity contribution in [3.8, 4) is 5.69 Å². The van der Waals surface area contributed by atoms with Crippen LogP contribution in [0.15, 0.2) is 52.3 Å². The van der Waals surface area contributed by atoms with Crippen LogP contribution in [0.3, 0.4) is 0 Å². The number of halogens is 1. The van der Waals surface area contributed by atoms with Gasteiger partial charge in [0.1, 0.15) is 0 Å². The highest BCUT2D eigenvalue weighted by Crippen LogP contribution is 2.17. The highest BCUT2D eigenvalue weighted by molar-refractivity contribution is 6.31. The Labute approximate surface area is 121 Å². The first-order chi connectivity index (χ1) is 9.40. The third-order valence-electron chi connectivity index (χ3n) is 2.92. The molecule has 0 N–H and O–H groups in total. The second-order valence-electron chi connectivity index (χ2n) is 4.80. The summed E-state index contributed by atoms with van der Waals surface area (Å²) in [6.45, 7) is 7.73. The lowest BCUT2D eigenvalue weighted by atomic mass is 10.2. The zero-order chi connectivity index (χ0) is 14.9. The molecule has 2 aromatic rings. The molecule has 0 unspecified atom stereocenters. The summed E-state index contributed by atoms with van der Waals surface area (Å²) in [6.07, 6.45) is 3.16. The summed E-state index contributed by atoms with van der Waals surface area (Å²) in [6, 6.07) is 5.18. The predicted molar refractivity (Wildman–Crippen MR) is 80.9 cm³/mol. The molecule has 1 aromatic carbocycles. The van der Waals surface area contributed by atoms with Crippen LogP contribution in [0, 0.1) is 6.92 Å².